The lowest BCUT2D eigenvalue weighted by molar-refractivity contribution is -0.145. The summed E-state index contributed by atoms with van der Waals surface area (Å²) in [4.78, 5) is 131. The largest absolute Gasteiger partial charge is 0.481 e. The number of fused-ring (bicyclic) bond motifs is 1. The first-order chi connectivity index (χ1) is 29.3. The van der Waals surface area contributed by atoms with Gasteiger partial charge >= 0.3 is 17.9 Å². The van der Waals surface area contributed by atoms with Gasteiger partial charge in [-0.25, -0.2) is 14.8 Å². The van der Waals surface area contributed by atoms with Crippen molar-refractivity contribution < 1.29 is 53.7 Å². The third kappa shape index (κ3) is 15.6. The smallest absolute Gasteiger partial charge is 0.326 e. The van der Waals surface area contributed by atoms with Gasteiger partial charge < -0.3 is 53.8 Å². The molecular weight excluding hydrogens is 816 g/mol. The summed E-state index contributed by atoms with van der Waals surface area (Å²) in [5.74, 6) is -10.5. The lowest BCUT2D eigenvalue weighted by atomic mass is 9.91. The minimum Gasteiger partial charge on any atom is -0.481 e. The van der Waals surface area contributed by atoms with Gasteiger partial charge in [0.25, 0.3) is 11.5 Å². The first-order valence-electron chi connectivity index (χ1n) is 19.3. The number of amides is 3. The van der Waals surface area contributed by atoms with E-state index < -0.39 is 108 Å². The normalized spacial score (nSPS) is 13.3. The average Bonchev–Trinajstić information content (AvgIpc) is 3.20. The number of aromatic amines is 1. The van der Waals surface area contributed by atoms with Crippen LogP contribution in [-0.4, -0.2) is 113 Å². The van der Waals surface area contributed by atoms with Gasteiger partial charge in [-0.15, -0.1) is 0 Å². The fourth-order valence-corrected chi connectivity index (χ4v) is 5.95. The summed E-state index contributed by atoms with van der Waals surface area (Å²) in [6.07, 6.45) is -0.980. The number of nitrogens with one attached hydrogen (secondary N) is 5. The van der Waals surface area contributed by atoms with E-state index in [2.05, 4.69) is 46.2 Å². The second-order valence-corrected chi connectivity index (χ2v) is 14.2. The van der Waals surface area contributed by atoms with Crippen LogP contribution in [0, 0.1) is 11.8 Å². The van der Waals surface area contributed by atoms with Gasteiger partial charge in [0.15, 0.2) is 28.7 Å². The summed E-state index contributed by atoms with van der Waals surface area (Å²) in [7, 11) is 0. The van der Waals surface area contributed by atoms with Crippen molar-refractivity contribution >= 4 is 76.0 Å². The Morgan fingerprint density at radius 1 is 0.839 bits per heavy atom. The molecule has 0 saturated heterocycles. The molecule has 0 saturated carbocycles. The van der Waals surface area contributed by atoms with Crippen molar-refractivity contribution in [1.29, 1.82) is 0 Å². The van der Waals surface area contributed by atoms with E-state index in [0.29, 0.717) is 11.4 Å². The van der Waals surface area contributed by atoms with Crippen molar-refractivity contribution in [2.45, 2.75) is 89.9 Å². The number of nitrogens with two attached hydrogens (primary N) is 3. The number of aromatic nitrogens is 4. The van der Waals surface area contributed by atoms with E-state index in [9.17, 15) is 58.5 Å². The number of aliphatic imine (C=N–C) groups is 1. The van der Waals surface area contributed by atoms with Crippen LogP contribution in [0.25, 0.3) is 11.2 Å². The molecule has 3 rings (SSSR count). The highest BCUT2D eigenvalue weighted by Crippen LogP contribution is 2.18. The number of ketones is 2. The molecule has 24 heteroatoms. The van der Waals surface area contributed by atoms with Crippen LogP contribution in [0.15, 0.2) is 40.2 Å². The Labute approximate surface area is 352 Å². The number of anilines is 2. The number of carbonyl (C=O) groups excluding carboxylic acids is 5. The Bertz CT molecular complexity index is 2230. The van der Waals surface area contributed by atoms with Crippen LogP contribution in [0.2, 0.25) is 0 Å². The molecule has 62 heavy (non-hydrogen) atoms. The van der Waals surface area contributed by atoms with E-state index >= 15 is 0 Å². The van der Waals surface area contributed by atoms with E-state index in [1.54, 1.807) is 12.1 Å². The van der Waals surface area contributed by atoms with E-state index in [-0.39, 0.29) is 67.4 Å². The Hall–Kier alpha value is -7.53. The number of guanidine groups is 1. The zero-order valence-corrected chi connectivity index (χ0v) is 33.9. The molecule has 14 N–H and O–H groups in total. The number of H-pyrrole nitrogens is 1. The second kappa shape index (κ2) is 23.3. The molecule has 0 aliphatic carbocycles. The van der Waals surface area contributed by atoms with E-state index in [0.717, 1.165) is 0 Å². The number of hydrogen-bond donors (Lipinski definition) is 11. The minimum atomic E-state index is -1.59. The summed E-state index contributed by atoms with van der Waals surface area (Å²) in [6, 6.07) is 1.69. The van der Waals surface area contributed by atoms with Crippen molar-refractivity contribution in [3.8, 4) is 0 Å². The number of aliphatic carboxylic acids is 3. The number of Topliss-reactive ketones (excluding diaryl/α,β-unsaturated/α-hetero) is 2. The Kier molecular flexibility index (Phi) is 18.4. The van der Waals surface area contributed by atoms with Crippen LogP contribution in [0.4, 0.5) is 11.6 Å². The Morgan fingerprint density at radius 2 is 1.52 bits per heavy atom. The minimum absolute atomic E-state index is 0.00257. The molecule has 0 radical (unpaired) electrons. The first-order valence-corrected chi connectivity index (χ1v) is 19.3. The Morgan fingerprint density at radius 3 is 2.13 bits per heavy atom. The number of nitrogens with zero attached hydrogens (tertiary/aromatic N) is 4. The average molecular weight is 867 g/mol. The second-order valence-electron chi connectivity index (χ2n) is 14.2. The fourth-order valence-electron chi connectivity index (χ4n) is 5.95. The maximum absolute atomic E-state index is 13.4. The molecule has 2 heterocycles. The van der Waals surface area contributed by atoms with Gasteiger partial charge in [0, 0.05) is 43.0 Å². The maximum atomic E-state index is 13.4. The standard InChI is InChI=1S/C38H50N12O12/c1-3-19(35(59)60)13-27(52)25(15-29(54)55)48-33(57)21(5-4-12-42-37(39)40)14-26(51)18(2)45-28(53)11-10-24(36(61)62)47-32(56)20-6-8-22(9-7-20)43-16-23-17-44-31-30(46-23)34(58)50-38(41)49-31/h6-9,17-19,21,24-25,43H,3-5,10-16H2,1-2H3,(H,45,53)(H,47,56)(H,48,57)(H,54,55)(H,59,60)(H,61,62)(H4,39,40,42)(H3,41,44,49,50,58)/t18-,19+,21+,24-,25-/m0/s1. The number of hydrogen-bond acceptors (Lipinski definition) is 15. The van der Waals surface area contributed by atoms with Gasteiger partial charge in [-0.3, -0.25) is 48.3 Å². The summed E-state index contributed by atoms with van der Waals surface area (Å²) in [5.41, 5.74) is 16.8. The third-order valence-corrected chi connectivity index (χ3v) is 9.43. The number of nitrogen functional groups attached to an aromatic ring is 1. The SMILES string of the molecule is CC[C@H](CC(=O)[C@H](CC(=O)O)NC(=O)[C@H](CCCN=C(N)N)CC(=O)[C@H](C)NC(=O)CC[C@H](NC(=O)c1ccc(NCc2cnc3nc(N)[nH]c(=O)c3n2)cc1)C(=O)O)C(=O)O. The lowest BCUT2D eigenvalue weighted by Gasteiger charge is -2.23. The zero-order chi connectivity index (χ0) is 46.1. The summed E-state index contributed by atoms with van der Waals surface area (Å²) in [5, 5.41) is 38.7. The molecule has 0 unspecified atom stereocenters. The van der Waals surface area contributed by atoms with Crippen molar-refractivity contribution in [3.63, 3.8) is 0 Å². The molecule has 0 bridgehead atoms. The van der Waals surface area contributed by atoms with Gasteiger partial charge in [-0.1, -0.05) is 6.92 Å². The van der Waals surface area contributed by atoms with Gasteiger partial charge in [0.1, 0.15) is 6.04 Å². The summed E-state index contributed by atoms with van der Waals surface area (Å²) in [6.45, 7) is 3.08. The van der Waals surface area contributed by atoms with E-state index in [4.69, 9.17) is 17.2 Å². The highest BCUT2D eigenvalue weighted by Gasteiger charge is 2.32. The molecule has 2 aromatic heterocycles. The van der Waals surface area contributed by atoms with Gasteiger partial charge in [0.2, 0.25) is 17.8 Å². The fraction of sp³-hybridized carbons (Fsp3) is 0.447. The summed E-state index contributed by atoms with van der Waals surface area (Å²) >= 11 is 0. The summed E-state index contributed by atoms with van der Waals surface area (Å²) < 4.78 is 0. The molecule has 0 spiro atoms. The third-order valence-electron chi connectivity index (χ3n) is 9.43. The number of carboxylic acid groups (broad SMARTS) is 3. The maximum Gasteiger partial charge on any atom is 0.326 e. The molecule has 3 amide bonds. The molecule has 0 aliphatic heterocycles. The van der Waals surface area contributed by atoms with Gasteiger partial charge in [0.05, 0.1) is 42.9 Å². The number of carboxylic acids is 3. The van der Waals surface area contributed by atoms with Crippen LogP contribution in [-0.2, 0) is 40.1 Å². The molecule has 3 aromatic rings. The van der Waals surface area contributed by atoms with E-state index in [1.165, 1.54) is 32.2 Å². The number of carbonyl (C=O) groups is 8. The molecule has 24 nitrogen and oxygen atoms in total. The first kappa shape index (κ1) is 48.8. The van der Waals surface area contributed by atoms with Crippen LogP contribution in [0.1, 0.15) is 81.3 Å². The Balaban J connectivity index is 1.57. The molecule has 5 atom stereocenters. The van der Waals surface area contributed by atoms with Crippen molar-refractivity contribution in [1.82, 2.24) is 35.9 Å². The monoisotopic (exact) mass is 866 g/mol. The van der Waals surface area contributed by atoms with Crippen LogP contribution < -0.4 is 44.0 Å². The highest BCUT2D eigenvalue weighted by molar-refractivity contribution is 5.98. The predicted molar refractivity (Wildman–Crippen MR) is 220 cm³/mol. The van der Waals surface area contributed by atoms with Gasteiger partial charge in [-0.2, -0.15) is 4.98 Å². The predicted octanol–water partition coefficient (Wildman–Crippen LogP) is -0.966. The molecule has 0 fully saturated rings. The molecular formula is C38H50N12O12. The van der Waals surface area contributed by atoms with Crippen molar-refractivity contribution in [2.75, 3.05) is 17.6 Å². The topological polar surface area (TPSA) is 407 Å². The van der Waals surface area contributed by atoms with Crippen LogP contribution in [0.5, 0.6) is 0 Å². The lowest BCUT2D eigenvalue weighted by Crippen LogP contribution is -2.47. The van der Waals surface area contributed by atoms with Crippen molar-refractivity contribution in [3.05, 3.63) is 52.1 Å². The zero-order valence-electron chi connectivity index (χ0n) is 33.9. The van der Waals surface area contributed by atoms with Crippen molar-refractivity contribution in [2.24, 2.45) is 28.3 Å². The molecule has 334 valence electrons. The molecule has 1 aromatic carbocycles. The van der Waals surface area contributed by atoms with Crippen LogP contribution in [0.3, 0.4) is 0 Å². The quantitative estimate of drug-likeness (QED) is 0.0263. The van der Waals surface area contributed by atoms with E-state index in [1.807, 2.05) is 0 Å². The number of rotatable bonds is 26. The molecule has 0 aliphatic rings. The van der Waals surface area contributed by atoms with Gasteiger partial charge in [-0.05, 0) is 56.9 Å². The number of benzene rings is 1. The van der Waals surface area contributed by atoms with Crippen LogP contribution >= 0.6 is 0 Å². The highest BCUT2D eigenvalue weighted by atomic mass is 16.4.